The first-order chi connectivity index (χ1) is 9.05. The van der Waals surface area contributed by atoms with Gasteiger partial charge in [0.1, 0.15) is 5.75 Å². The van der Waals surface area contributed by atoms with Crippen LogP contribution in [-0.4, -0.2) is 18.6 Å². The first-order valence-electron chi connectivity index (χ1n) is 6.63. The van der Waals surface area contributed by atoms with E-state index in [1.54, 1.807) is 6.92 Å². The number of nitrogens with two attached hydrogens (primary N) is 2. The lowest BCUT2D eigenvalue weighted by Gasteiger charge is -2.26. The highest BCUT2D eigenvalue weighted by atomic mass is 16.5. The Balaban J connectivity index is 1.90. The smallest absolute Gasteiger partial charge is 0.265 e. The molecule has 1 aromatic carbocycles. The topological polar surface area (TPSA) is 90.4 Å². The minimum Gasteiger partial charge on any atom is -0.479 e. The van der Waals surface area contributed by atoms with Crippen LogP contribution in [0.5, 0.6) is 5.75 Å². The van der Waals surface area contributed by atoms with Crippen molar-refractivity contribution in [3.05, 3.63) is 23.8 Å². The van der Waals surface area contributed by atoms with Crippen molar-refractivity contribution < 1.29 is 9.53 Å². The zero-order valence-corrected chi connectivity index (χ0v) is 11.0. The molecule has 1 amide bonds. The Kier molecular flexibility index (Phi) is 2.76. The molecule has 0 saturated heterocycles. The molecule has 5 nitrogen and oxygen atoms in total. The zero-order valence-electron chi connectivity index (χ0n) is 11.0. The maximum absolute atomic E-state index is 11.6. The number of amides is 1. The van der Waals surface area contributed by atoms with E-state index in [0.717, 1.165) is 18.4 Å². The van der Waals surface area contributed by atoms with Gasteiger partial charge in [0.15, 0.2) is 6.10 Å². The van der Waals surface area contributed by atoms with Crippen molar-refractivity contribution in [3.63, 3.8) is 0 Å². The lowest BCUT2D eigenvalue weighted by atomic mass is 9.90. The highest BCUT2D eigenvalue weighted by Crippen LogP contribution is 2.53. The van der Waals surface area contributed by atoms with Crippen molar-refractivity contribution in [2.24, 2.45) is 16.9 Å². The van der Waals surface area contributed by atoms with Gasteiger partial charge in [-0.05, 0) is 44.0 Å². The van der Waals surface area contributed by atoms with E-state index >= 15 is 0 Å². The summed E-state index contributed by atoms with van der Waals surface area (Å²) in [6, 6.07) is 5.65. The van der Waals surface area contributed by atoms with Gasteiger partial charge in [0, 0.05) is 11.5 Å². The van der Waals surface area contributed by atoms with Crippen LogP contribution >= 0.6 is 0 Å². The molecule has 5 N–H and O–H groups in total. The molecule has 3 rings (SSSR count). The number of benzene rings is 1. The summed E-state index contributed by atoms with van der Waals surface area (Å²) in [6.07, 6.45) is 1.69. The van der Waals surface area contributed by atoms with Crippen LogP contribution in [-0.2, 0) is 4.79 Å². The minimum absolute atomic E-state index is 0.0427. The van der Waals surface area contributed by atoms with Crippen molar-refractivity contribution in [1.82, 2.24) is 0 Å². The van der Waals surface area contributed by atoms with Crippen LogP contribution < -0.4 is 21.5 Å². The molecule has 19 heavy (non-hydrogen) atoms. The Morgan fingerprint density at radius 3 is 2.89 bits per heavy atom. The van der Waals surface area contributed by atoms with Gasteiger partial charge in [-0.2, -0.15) is 0 Å². The predicted octanol–water partition coefficient (Wildman–Crippen LogP) is 1.14. The fraction of sp³-hybridized carbons (Fsp3) is 0.500. The van der Waals surface area contributed by atoms with E-state index in [4.69, 9.17) is 16.2 Å². The van der Waals surface area contributed by atoms with E-state index in [2.05, 4.69) is 5.32 Å². The molecule has 2 aliphatic rings. The van der Waals surface area contributed by atoms with Crippen molar-refractivity contribution >= 4 is 11.6 Å². The molecule has 1 saturated carbocycles. The average Bonchev–Trinajstić information content (AvgIpc) is 3.20. The standard InChI is InChI=1S/C14H19N3O2/c1-8-13(18)17-10-6-9(2-3-11(10)19-8)12(16)14(7-15)4-5-14/h2-3,6,8,12H,4-5,7,15-16H2,1H3,(H,17,18). The van der Waals surface area contributed by atoms with Gasteiger partial charge in [-0.25, -0.2) is 0 Å². The second-order valence-electron chi connectivity index (χ2n) is 5.55. The lowest BCUT2D eigenvalue weighted by molar-refractivity contribution is -0.122. The third-order valence-electron chi connectivity index (χ3n) is 4.25. The number of carbonyl (C=O) groups is 1. The van der Waals surface area contributed by atoms with E-state index < -0.39 is 6.10 Å². The molecule has 2 atom stereocenters. The van der Waals surface area contributed by atoms with E-state index in [1.165, 1.54) is 0 Å². The summed E-state index contributed by atoms with van der Waals surface area (Å²) in [5, 5.41) is 2.84. The quantitative estimate of drug-likeness (QED) is 0.761. The number of fused-ring (bicyclic) bond motifs is 1. The van der Waals surface area contributed by atoms with Gasteiger partial charge >= 0.3 is 0 Å². The second-order valence-corrected chi connectivity index (χ2v) is 5.55. The lowest BCUT2D eigenvalue weighted by Crippen LogP contribution is -2.35. The Labute approximate surface area is 112 Å². The third-order valence-corrected chi connectivity index (χ3v) is 4.25. The number of carbonyl (C=O) groups excluding carboxylic acids is 1. The average molecular weight is 261 g/mol. The van der Waals surface area contributed by atoms with E-state index in [1.807, 2.05) is 18.2 Å². The number of ether oxygens (including phenoxy) is 1. The van der Waals surface area contributed by atoms with E-state index in [9.17, 15) is 4.79 Å². The summed E-state index contributed by atoms with van der Waals surface area (Å²) in [4.78, 5) is 11.6. The number of nitrogens with one attached hydrogen (secondary N) is 1. The summed E-state index contributed by atoms with van der Waals surface area (Å²) < 4.78 is 5.53. The van der Waals surface area contributed by atoms with E-state index in [-0.39, 0.29) is 17.4 Å². The van der Waals surface area contributed by atoms with Crippen LogP contribution in [0.1, 0.15) is 31.4 Å². The van der Waals surface area contributed by atoms with Gasteiger partial charge < -0.3 is 21.5 Å². The number of anilines is 1. The molecule has 1 fully saturated rings. The highest BCUT2D eigenvalue weighted by Gasteiger charge is 2.47. The summed E-state index contributed by atoms with van der Waals surface area (Å²) in [5.74, 6) is 0.568. The Bertz CT molecular complexity index is 525. The summed E-state index contributed by atoms with van der Waals surface area (Å²) >= 11 is 0. The second kappa shape index (κ2) is 4.21. The molecular weight excluding hydrogens is 242 g/mol. The number of hydrogen-bond donors (Lipinski definition) is 3. The first-order valence-corrected chi connectivity index (χ1v) is 6.63. The summed E-state index contributed by atoms with van der Waals surface area (Å²) in [7, 11) is 0. The number of rotatable bonds is 3. The molecule has 1 aliphatic carbocycles. The SMILES string of the molecule is CC1Oc2ccc(C(N)C3(CN)CC3)cc2NC1=O. The molecule has 1 aromatic rings. The third kappa shape index (κ3) is 1.99. The van der Waals surface area contributed by atoms with Gasteiger partial charge in [-0.1, -0.05) is 6.07 Å². The van der Waals surface area contributed by atoms with Crippen LogP contribution in [0.2, 0.25) is 0 Å². The van der Waals surface area contributed by atoms with Crippen molar-refractivity contribution in [3.8, 4) is 5.75 Å². The van der Waals surface area contributed by atoms with Crippen molar-refractivity contribution in [1.29, 1.82) is 0 Å². The molecule has 1 heterocycles. The Morgan fingerprint density at radius 2 is 2.26 bits per heavy atom. The normalized spacial score (nSPS) is 25.0. The van der Waals surface area contributed by atoms with Crippen LogP contribution in [0.25, 0.3) is 0 Å². The fourth-order valence-corrected chi connectivity index (χ4v) is 2.58. The molecule has 5 heteroatoms. The minimum atomic E-state index is -0.453. The molecular formula is C14H19N3O2. The monoisotopic (exact) mass is 261 g/mol. The maximum Gasteiger partial charge on any atom is 0.265 e. The maximum atomic E-state index is 11.6. The van der Waals surface area contributed by atoms with Gasteiger partial charge in [-0.15, -0.1) is 0 Å². The summed E-state index contributed by atoms with van der Waals surface area (Å²) in [5.41, 5.74) is 13.9. The molecule has 0 radical (unpaired) electrons. The molecule has 0 aromatic heterocycles. The highest BCUT2D eigenvalue weighted by molar-refractivity contribution is 5.97. The zero-order chi connectivity index (χ0) is 13.6. The van der Waals surface area contributed by atoms with Crippen molar-refractivity contribution in [2.75, 3.05) is 11.9 Å². The molecule has 0 spiro atoms. The molecule has 2 unspecified atom stereocenters. The van der Waals surface area contributed by atoms with Crippen LogP contribution in [0.3, 0.4) is 0 Å². The Morgan fingerprint density at radius 1 is 1.53 bits per heavy atom. The molecule has 102 valence electrons. The van der Waals surface area contributed by atoms with Crippen LogP contribution in [0.4, 0.5) is 5.69 Å². The van der Waals surface area contributed by atoms with Crippen molar-refractivity contribution in [2.45, 2.75) is 31.9 Å². The molecule has 0 bridgehead atoms. The van der Waals surface area contributed by atoms with Gasteiger partial charge in [0.2, 0.25) is 0 Å². The predicted molar refractivity (Wildman–Crippen MR) is 72.8 cm³/mol. The summed E-state index contributed by atoms with van der Waals surface area (Å²) in [6.45, 7) is 2.33. The van der Waals surface area contributed by atoms with E-state index in [0.29, 0.717) is 18.0 Å². The first kappa shape index (κ1) is 12.4. The van der Waals surface area contributed by atoms with Crippen LogP contribution in [0.15, 0.2) is 18.2 Å². The fourth-order valence-electron chi connectivity index (χ4n) is 2.58. The Hall–Kier alpha value is -1.59. The van der Waals surface area contributed by atoms with Gasteiger partial charge in [0.05, 0.1) is 5.69 Å². The molecule has 1 aliphatic heterocycles. The van der Waals surface area contributed by atoms with Gasteiger partial charge in [-0.3, -0.25) is 4.79 Å². The van der Waals surface area contributed by atoms with Crippen LogP contribution in [0, 0.1) is 5.41 Å². The number of hydrogen-bond acceptors (Lipinski definition) is 4. The largest absolute Gasteiger partial charge is 0.479 e. The van der Waals surface area contributed by atoms with Gasteiger partial charge in [0.25, 0.3) is 5.91 Å².